The molecule has 0 aromatic rings. The number of hydrogen-bond acceptors (Lipinski definition) is 22. The number of phosphoric acid groups is 2. The van der Waals surface area contributed by atoms with E-state index in [-0.39, 0.29) is 13.0 Å². The van der Waals surface area contributed by atoms with Gasteiger partial charge in [0.2, 0.25) is 41.4 Å². The fourth-order valence-electron chi connectivity index (χ4n) is 13.7. The van der Waals surface area contributed by atoms with E-state index in [9.17, 15) is 82.8 Å². The van der Waals surface area contributed by atoms with Crippen LogP contribution in [0.3, 0.4) is 0 Å². The molecule has 0 aromatic carbocycles. The van der Waals surface area contributed by atoms with Gasteiger partial charge in [0.05, 0.1) is 19.8 Å². The normalized spacial score (nSPS) is 22.7. The van der Waals surface area contributed by atoms with Crippen molar-refractivity contribution in [3.63, 3.8) is 0 Å². The molecule has 0 radical (unpaired) electrons. The highest BCUT2D eigenvalue weighted by Gasteiger charge is 2.55. The molecule has 0 aromatic heterocycles. The van der Waals surface area contributed by atoms with E-state index in [4.69, 9.17) is 39.5 Å². The predicted molar refractivity (Wildman–Crippen MR) is 483 cm³/mol. The number of aliphatic hydroxyl groups is 4. The SMILES string of the molecule is CC(=O)N[C@H]1[C@H](O[C@H]2[C@H](O[C@H](C)C(=O)N[C@@H](C)C(=O)N[C@H](CCC(=O)N[C@H](CCCCN)C(=O)N[C@@H](C)C(=O)O)C(N)=O)[C@@H](NC(C)=O)[C@@H](OP(=O)(O)OP(=O)(O)OC/C=C(/C)CC/C=C(/C)CC/C=C(/C)CC/C=C(/C)CC/C=C(/C)CC/C=C(/C)CC/C=C(/C)CC/C=C(/C)CC/C=C(\C)CC/C=C(\C)CCC=C(C)C)O[C@@H]2CO)O[C@H](CO)[C@@H](O)[C@@H]1O. The average Bonchev–Trinajstić information content (AvgIpc) is 0.766. The zero-order valence-corrected chi connectivity index (χ0v) is 78.9. The largest absolute Gasteiger partial charge is 0.483 e. The number of unbranched alkanes of at least 4 members (excludes halogenated alkanes) is 1. The summed E-state index contributed by atoms with van der Waals surface area (Å²) in [6.07, 6.45) is 27.8. The molecule has 0 saturated carbocycles. The highest BCUT2D eigenvalue weighted by molar-refractivity contribution is 7.61. The van der Waals surface area contributed by atoms with Crippen molar-refractivity contribution in [2.45, 2.75) is 370 Å². The number of ether oxygens (including phenoxy) is 4. The summed E-state index contributed by atoms with van der Waals surface area (Å²) in [7, 11) is -11.5. The molecule has 17 N–H and O–H groups in total. The minimum absolute atomic E-state index is 0.0763. The summed E-state index contributed by atoms with van der Waals surface area (Å²) in [4.78, 5) is 125. The Labute approximate surface area is 742 Å². The summed E-state index contributed by atoms with van der Waals surface area (Å²) >= 11 is 0. The summed E-state index contributed by atoms with van der Waals surface area (Å²) in [6.45, 7) is 29.1. The monoisotopic (exact) mass is 1800 g/mol. The van der Waals surface area contributed by atoms with Crippen LogP contribution >= 0.6 is 15.6 Å². The molecule has 0 bridgehead atoms. The zero-order valence-electron chi connectivity index (χ0n) is 77.1. The van der Waals surface area contributed by atoms with Crippen molar-refractivity contribution in [3.05, 3.63) is 128 Å². The van der Waals surface area contributed by atoms with Gasteiger partial charge in [-0.2, -0.15) is 4.31 Å². The van der Waals surface area contributed by atoms with Crippen LogP contribution in [-0.4, -0.2) is 201 Å². The number of nitrogens with one attached hydrogen (secondary N) is 6. The lowest BCUT2D eigenvalue weighted by atomic mass is 9.94. The second-order valence-corrected chi connectivity index (χ2v) is 36.5. The predicted octanol–water partition coefficient (Wildman–Crippen LogP) is 12.3. The summed E-state index contributed by atoms with van der Waals surface area (Å²) in [6, 6.07) is -9.28. The third kappa shape index (κ3) is 49.2. The quantitative estimate of drug-likeness (QED) is 0.0153. The first kappa shape index (κ1) is 114. The van der Waals surface area contributed by atoms with E-state index in [2.05, 4.69) is 166 Å². The van der Waals surface area contributed by atoms with Gasteiger partial charge < -0.3 is 97.6 Å². The molecule has 17 atom stereocenters. The molecule has 2 rings (SSSR count). The molecule has 7 amide bonds. The fourth-order valence-corrected chi connectivity index (χ4v) is 15.7. The molecule has 0 spiro atoms. The molecule has 2 aliphatic rings. The topological polar surface area (TPSA) is 501 Å². The average molecular weight is 1800 g/mol. The van der Waals surface area contributed by atoms with Crippen molar-refractivity contribution in [2.24, 2.45) is 11.5 Å². The Hall–Kier alpha value is -7.20. The van der Waals surface area contributed by atoms with Crippen LogP contribution in [-0.2, 0) is 79.8 Å². The molecule has 2 unspecified atom stereocenters. The Kier molecular flexibility index (Phi) is 55.9. The Morgan fingerprint density at radius 3 is 1.22 bits per heavy atom. The number of carboxylic acid groups (broad SMARTS) is 1. The third-order valence-electron chi connectivity index (χ3n) is 21.4. The van der Waals surface area contributed by atoms with Crippen LogP contribution in [0.15, 0.2) is 128 Å². The van der Waals surface area contributed by atoms with Crippen molar-refractivity contribution in [1.29, 1.82) is 0 Å². The van der Waals surface area contributed by atoms with Crippen LogP contribution in [0, 0.1) is 0 Å². The Balaban J connectivity index is 2.06. The zero-order chi connectivity index (χ0) is 94.1. The number of hydrogen-bond donors (Lipinski definition) is 15. The van der Waals surface area contributed by atoms with Gasteiger partial charge in [-0.3, -0.25) is 47.4 Å². The van der Waals surface area contributed by atoms with E-state index in [0.29, 0.717) is 25.7 Å². The number of primary amides is 1. The van der Waals surface area contributed by atoms with Gasteiger partial charge in [0.1, 0.15) is 79.0 Å². The number of carbonyl (C=O) groups excluding carboxylic acids is 7. The van der Waals surface area contributed by atoms with E-state index < -0.39 is 187 Å². The van der Waals surface area contributed by atoms with Crippen LogP contribution in [0.5, 0.6) is 0 Å². The number of allylic oxidation sites excluding steroid dienone is 21. The van der Waals surface area contributed by atoms with E-state index in [1.807, 2.05) is 6.92 Å². The molecule has 32 nitrogen and oxygen atoms in total. The van der Waals surface area contributed by atoms with Crippen molar-refractivity contribution in [2.75, 3.05) is 26.4 Å². The number of rotatable bonds is 61. The number of nitrogens with two attached hydrogens (primary N) is 2. The highest BCUT2D eigenvalue weighted by atomic mass is 31.3. The maximum atomic E-state index is 14.1. The third-order valence-corrected chi connectivity index (χ3v) is 24.0. The number of phosphoric ester groups is 2. The highest BCUT2D eigenvalue weighted by Crippen LogP contribution is 2.61. The summed E-state index contributed by atoms with van der Waals surface area (Å²) < 4.78 is 66.3. The molecule has 2 aliphatic heterocycles. The smallest absolute Gasteiger partial charge is 0.480 e. The second-order valence-electron chi connectivity index (χ2n) is 33.5. The fraction of sp³-hybridized carbons (Fsp3) is 0.670. The van der Waals surface area contributed by atoms with Crippen molar-refractivity contribution in [3.8, 4) is 0 Å². The van der Waals surface area contributed by atoms with Gasteiger partial charge in [-0.15, -0.1) is 0 Å². The first-order valence-electron chi connectivity index (χ1n) is 43.9. The maximum absolute atomic E-state index is 14.1. The Bertz CT molecular complexity index is 3880. The number of carbonyl (C=O) groups is 8. The lowest BCUT2D eigenvalue weighted by Gasteiger charge is -2.49. The molecule has 2 heterocycles. The van der Waals surface area contributed by atoms with Gasteiger partial charge in [-0.05, 0) is 265 Å². The molecular weight excluding hydrogens is 1650 g/mol. The maximum Gasteiger partial charge on any atom is 0.483 e. The van der Waals surface area contributed by atoms with E-state index in [1.54, 1.807) is 6.92 Å². The summed E-state index contributed by atoms with van der Waals surface area (Å²) in [5.74, 6) is -7.96. The lowest BCUT2D eigenvalue weighted by molar-refractivity contribution is -0.331. The molecular formula is C91H152N8O24P2. The van der Waals surface area contributed by atoms with E-state index >= 15 is 0 Å². The first-order chi connectivity index (χ1) is 58.8. The molecule has 710 valence electrons. The molecule has 125 heavy (non-hydrogen) atoms. The summed E-state index contributed by atoms with van der Waals surface area (Å²) in [5.41, 5.74) is 26.0. The van der Waals surface area contributed by atoms with E-state index in [0.717, 1.165) is 142 Å². The van der Waals surface area contributed by atoms with Crippen molar-refractivity contribution >= 4 is 63.0 Å². The standard InChI is InChI=1S/C91H152N8O24P2/c1-58(2)30-20-31-59(3)32-21-33-60(4)34-22-35-61(5)36-23-37-62(6)38-24-39-63(7)40-25-41-64(8)42-26-43-65(9)44-27-45-66(10)46-28-47-67(11)48-29-49-68(12)53-55-117-124(113,114)123-125(115,116)122-91-80(97-73(17)103)84(83(77(57-101)120-91)121-90-79(96-72(16)102)82(106)81(105)76(56-100)119-90)118-71(15)87(109)94-69(13)86(108)99-74(85(93)107)51-52-78(104)98-75(50-18-19-54-92)88(110)95-70(14)89(111)112/h30,32,34,36,38,40,42,44,46,48,53,69-71,74-77,79-84,90-91,100-101,105-106H,18-29,31,33,35,37,39,41,43,45,47,49-52,54-57,92H2,1-17H3,(H2,93,107)(H,94,109)(H,95,110)(H,96,102)(H,97,103)(H,98,104)(H,99,108)(H,111,112)(H,113,114)(H,115,116)/b59-32+,60-34+,61-36-,62-38-,63-40-,64-42-,65-44-,66-46-,67-48-,68-53-/t69-,70-,71+,74+,75+,76+,77+,79+,80+,81+,82+,83+,84+,90-,91+/m0/s1. The van der Waals surface area contributed by atoms with Crippen molar-refractivity contribution in [1.82, 2.24) is 31.9 Å². The molecule has 34 heteroatoms. The Morgan fingerprint density at radius 2 is 0.832 bits per heavy atom. The first-order valence-corrected chi connectivity index (χ1v) is 46.9. The van der Waals surface area contributed by atoms with Gasteiger partial charge in [0, 0.05) is 20.3 Å². The number of amides is 7. The lowest BCUT2D eigenvalue weighted by Crippen LogP contribution is -2.70. The van der Waals surface area contributed by atoms with Gasteiger partial charge in [-0.25, -0.2) is 9.13 Å². The number of aliphatic hydroxyl groups excluding tert-OH is 4. The van der Waals surface area contributed by atoms with Crippen LogP contribution in [0.4, 0.5) is 0 Å². The van der Waals surface area contributed by atoms with Crippen LogP contribution < -0.4 is 43.4 Å². The second kappa shape index (κ2) is 61.3. The minimum Gasteiger partial charge on any atom is -0.480 e. The number of aliphatic carboxylic acids is 1. The van der Waals surface area contributed by atoms with Gasteiger partial charge in [0.25, 0.3) is 0 Å². The van der Waals surface area contributed by atoms with E-state index in [1.165, 1.54) is 75.7 Å². The van der Waals surface area contributed by atoms with Gasteiger partial charge in [-0.1, -0.05) is 128 Å². The Morgan fingerprint density at radius 1 is 0.440 bits per heavy atom. The van der Waals surface area contributed by atoms with Crippen LogP contribution in [0.2, 0.25) is 0 Å². The van der Waals surface area contributed by atoms with Crippen molar-refractivity contribution < 1.29 is 115 Å². The molecule has 2 fully saturated rings. The molecule has 2 saturated heterocycles. The number of carboxylic acids is 1. The molecule has 0 aliphatic carbocycles. The van der Waals surface area contributed by atoms with Gasteiger partial charge in [0.15, 0.2) is 12.6 Å². The van der Waals surface area contributed by atoms with Gasteiger partial charge >= 0.3 is 21.6 Å². The van der Waals surface area contributed by atoms with Crippen LogP contribution in [0.25, 0.3) is 0 Å². The van der Waals surface area contributed by atoms with Crippen LogP contribution in [0.1, 0.15) is 278 Å². The summed E-state index contributed by atoms with van der Waals surface area (Å²) in [5, 5.41) is 66.5. The minimum atomic E-state index is -5.93.